The number of aromatic nitrogens is 3. The largest absolute Gasteiger partial charge is 0.415 e. The summed E-state index contributed by atoms with van der Waals surface area (Å²) in [6, 6.07) is 9.18. The molecule has 0 saturated carbocycles. The Kier molecular flexibility index (Phi) is 4.59. The Morgan fingerprint density at radius 1 is 1.29 bits per heavy atom. The van der Waals surface area contributed by atoms with Crippen LogP contribution in [-0.2, 0) is 6.54 Å². The molecule has 1 aromatic heterocycles. The number of rotatable bonds is 5. The quantitative estimate of drug-likeness (QED) is 0.912. The van der Waals surface area contributed by atoms with Crippen molar-refractivity contribution in [1.29, 1.82) is 0 Å². The lowest BCUT2D eigenvalue weighted by Crippen LogP contribution is -2.39. The van der Waals surface area contributed by atoms with Crippen LogP contribution in [0.15, 0.2) is 36.5 Å². The number of likely N-dealkylation sites (N-methyl/N-ethyl adjacent to an activating group) is 1. The van der Waals surface area contributed by atoms with Gasteiger partial charge in [0.2, 0.25) is 0 Å². The zero-order chi connectivity index (χ0) is 15.5. The maximum Gasteiger partial charge on any atom is 0.415 e. The number of halogens is 3. The topological polar surface area (TPSA) is 54.2 Å². The normalized spacial score (nSPS) is 13.6. The molecule has 0 radical (unpaired) electrons. The Labute approximate surface area is 119 Å². The highest BCUT2D eigenvalue weighted by Gasteiger charge is 2.38. The molecule has 0 spiro atoms. The van der Waals surface area contributed by atoms with Crippen LogP contribution in [0, 0.1) is 0 Å². The molecule has 114 valence electrons. The summed E-state index contributed by atoms with van der Waals surface area (Å²) in [4.78, 5) is 2.75. The predicted octanol–water partition coefficient (Wildman–Crippen LogP) is 1.62. The van der Waals surface area contributed by atoms with E-state index in [1.54, 1.807) is 0 Å². The first kappa shape index (κ1) is 15.5. The smallest absolute Gasteiger partial charge is 0.382 e. The molecule has 0 aliphatic carbocycles. The van der Waals surface area contributed by atoms with Crippen LogP contribution in [0.2, 0.25) is 0 Å². The summed E-state index contributed by atoms with van der Waals surface area (Å²) in [5.74, 6) is 0. The second-order valence-electron chi connectivity index (χ2n) is 4.72. The van der Waals surface area contributed by atoms with Gasteiger partial charge in [-0.3, -0.25) is 4.90 Å². The summed E-state index contributed by atoms with van der Waals surface area (Å²) in [6.45, 7) is -0.346. The van der Waals surface area contributed by atoms with Gasteiger partial charge in [-0.25, -0.2) is 0 Å². The van der Waals surface area contributed by atoms with Crippen molar-refractivity contribution in [1.82, 2.24) is 19.9 Å². The molecule has 1 N–H and O–H groups in total. The van der Waals surface area contributed by atoms with Crippen molar-refractivity contribution in [3.05, 3.63) is 42.2 Å². The molecule has 0 aliphatic rings. The van der Waals surface area contributed by atoms with E-state index in [1.165, 1.54) is 22.9 Å². The first-order valence-electron chi connectivity index (χ1n) is 6.26. The van der Waals surface area contributed by atoms with Gasteiger partial charge in [0.1, 0.15) is 0 Å². The molecule has 0 fully saturated rings. The molecule has 0 saturated heterocycles. The van der Waals surface area contributed by atoms with E-state index in [9.17, 15) is 13.2 Å². The van der Waals surface area contributed by atoms with Crippen LogP contribution in [0.3, 0.4) is 0 Å². The molecule has 0 bridgehead atoms. The van der Waals surface area contributed by atoms with Gasteiger partial charge < -0.3 is 5.11 Å². The minimum Gasteiger partial charge on any atom is -0.382 e. The van der Waals surface area contributed by atoms with Crippen LogP contribution in [-0.4, -0.2) is 50.9 Å². The monoisotopic (exact) mass is 300 g/mol. The lowest BCUT2D eigenvalue weighted by Gasteiger charge is -2.21. The van der Waals surface area contributed by atoms with Crippen LogP contribution in [0.1, 0.15) is 5.69 Å². The van der Waals surface area contributed by atoms with Crippen molar-refractivity contribution in [3.8, 4) is 5.69 Å². The van der Waals surface area contributed by atoms with Gasteiger partial charge in [0.25, 0.3) is 0 Å². The van der Waals surface area contributed by atoms with Gasteiger partial charge in [0.05, 0.1) is 17.6 Å². The summed E-state index contributed by atoms with van der Waals surface area (Å²) in [5, 5.41) is 17.3. The van der Waals surface area contributed by atoms with Gasteiger partial charge in [-0.15, -0.1) is 0 Å². The molecule has 5 nitrogen and oxygen atoms in total. The number of para-hydroxylation sites is 1. The van der Waals surface area contributed by atoms with Crippen LogP contribution >= 0.6 is 0 Å². The molecular weight excluding hydrogens is 285 g/mol. The first-order valence-corrected chi connectivity index (χ1v) is 6.26. The Hall–Kier alpha value is -1.93. The fourth-order valence-corrected chi connectivity index (χ4v) is 1.79. The van der Waals surface area contributed by atoms with E-state index < -0.39 is 18.8 Å². The molecule has 1 unspecified atom stereocenters. The van der Waals surface area contributed by atoms with Crippen molar-refractivity contribution in [2.75, 3.05) is 13.6 Å². The molecule has 1 atom stereocenters. The number of aliphatic hydroxyl groups excluding tert-OH is 1. The molecule has 8 heteroatoms. The molecule has 1 heterocycles. The Morgan fingerprint density at radius 3 is 2.57 bits per heavy atom. The maximum atomic E-state index is 12.3. The molecule has 2 rings (SSSR count). The van der Waals surface area contributed by atoms with E-state index in [-0.39, 0.29) is 6.54 Å². The standard InChI is InChI=1S/C13H15F3N4O/c1-19(9-12(21)13(14,15)16)8-10-7-17-20(18-10)11-5-3-2-4-6-11/h2-7,12,21H,8-9H2,1H3. The first-order chi connectivity index (χ1) is 9.86. The van der Waals surface area contributed by atoms with Crippen molar-refractivity contribution in [2.24, 2.45) is 0 Å². The van der Waals surface area contributed by atoms with Crippen molar-refractivity contribution in [3.63, 3.8) is 0 Å². The summed E-state index contributed by atoms with van der Waals surface area (Å²) in [6.07, 6.45) is -5.49. The Morgan fingerprint density at radius 2 is 1.95 bits per heavy atom. The van der Waals surface area contributed by atoms with E-state index in [4.69, 9.17) is 5.11 Å². The summed E-state index contributed by atoms with van der Waals surface area (Å²) in [5.41, 5.74) is 1.29. The van der Waals surface area contributed by atoms with Gasteiger partial charge in [0.15, 0.2) is 6.10 Å². The van der Waals surface area contributed by atoms with E-state index in [0.29, 0.717) is 5.69 Å². The van der Waals surface area contributed by atoms with Gasteiger partial charge in [-0.1, -0.05) is 18.2 Å². The summed E-state index contributed by atoms with van der Waals surface area (Å²) < 4.78 is 36.8. The molecular formula is C13H15F3N4O. The number of aliphatic hydroxyl groups is 1. The SMILES string of the molecule is CN(Cc1cnn(-c2ccccc2)n1)CC(O)C(F)(F)F. The number of hydrogen-bond acceptors (Lipinski definition) is 4. The minimum absolute atomic E-state index is 0.167. The number of hydrogen-bond donors (Lipinski definition) is 1. The van der Waals surface area contributed by atoms with Crippen LogP contribution in [0.25, 0.3) is 5.69 Å². The summed E-state index contributed by atoms with van der Waals surface area (Å²) in [7, 11) is 1.48. The second-order valence-corrected chi connectivity index (χ2v) is 4.72. The third-order valence-electron chi connectivity index (χ3n) is 2.82. The average Bonchev–Trinajstić information content (AvgIpc) is 2.87. The van der Waals surface area contributed by atoms with E-state index in [2.05, 4.69) is 10.2 Å². The molecule has 0 aliphatic heterocycles. The van der Waals surface area contributed by atoms with Crippen LogP contribution in [0.5, 0.6) is 0 Å². The van der Waals surface area contributed by atoms with Gasteiger partial charge in [-0.05, 0) is 19.2 Å². The van der Waals surface area contributed by atoms with Gasteiger partial charge in [0, 0.05) is 13.1 Å². The number of nitrogens with zero attached hydrogens (tertiary/aromatic N) is 4. The van der Waals surface area contributed by atoms with E-state index in [1.807, 2.05) is 30.3 Å². The molecule has 1 aromatic carbocycles. The lowest BCUT2D eigenvalue weighted by molar-refractivity contribution is -0.207. The number of benzene rings is 1. The zero-order valence-corrected chi connectivity index (χ0v) is 11.3. The maximum absolute atomic E-state index is 12.3. The number of alkyl halides is 3. The van der Waals surface area contributed by atoms with E-state index in [0.717, 1.165) is 5.69 Å². The fourth-order valence-electron chi connectivity index (χ4n) is 1.79. The molecule has 0 amide bonds. The fraction of sp³-hybridized carbons (Fsp3) is 0.385. The predicted molar refractivity (Wildman–Crippen MR) is 69.8 cm³/mol. The van der Waals surface area contributed by atoms with Crippen LogP contribution in [0.4, 0.5) is 13.2 Å². The zero-order valence-electron chi connectivity index (χ0n) is 11.3. The third kappa shape index (κ3) is 4.27. The minimum atomic E-state index is -4.62. The van der Waals surface area contributed by atoms with Crippen molar-refractivity contribution in [2.45, 2.75) is 18.8 Å². The summed E-state index contributed by atoms with van der Waals surface area (Å²) >= 11 is 0. The van der Waals surface area contributed by atoms with Gasteiger partial charge >= 0.3 is 6.18 Å². The van der Waals surface area contributed by atoms with Crippen molar-refractivity contribution < 1.29 is 18.3 Å². The Balaban J connectivity index is 1.97. The van der Waals surface area contributed by atoms with Crippen LogP contribution < -0.4 is 0 Å². The Bertz CT molecular complexity index is 570. The third-order valence-corrected chi connectivity index (χ3v) is 2.82. The highest BCUT2D eigenvalue weighted by molar-refractivity contribution is 5.28. The van der Waals surface area contributed by atoms with E-state index >= 15 is 0 Å². The second kappa shape index (κ2) is 6.23. The molecule has 2 aromatic rings. The molecule has 21 heavy (non-hydrogen) atoms. The lowest BCUT2D eigenvalue weighted by atomic mass is 10.3. The average molecular weight is 300 g/mol. The van der Waals surface area contributed by atoms with Crippen molar-refractivity contribution >= 4 is 0 Å². The van der Waals surface area contributed by atoms with Gasteiger partial charge in [-0.2, -0.15) is 28.2 Å². The highest BCUT2D eigenvalue weighted by atomic mass is 19.4. The highest BCUT2D eigenvalue weighted by Crippen LogP contribution is 2.20.